The van der Waals surface area contributed by atoms with E-state index in [4.69, 9.17) is 9.47 Å². The van der Waals surface area contributed by atoms with Crippen LogP contribution in [0.1, 0.15) is 29.2 Å². The van der Waals surface area contributed by atoms with E-state index in [1.54, 1.807) is 6.07 Å². The third kappa shape index (κ3) is 3.97. The number of fused-ring (bicyclic) bond motifs is 2. The molecule has 0 radical (unpaired) electrons. The Bertz CT molecular complexity index is 1270. The zero-order valence-electron chi connectivity index (χ0n) is 17.5. The molecule has 32 heavy (non-hydrogen) atoms. The van der Waals surface area contributed by atoms with Crippen molar-refractivity contribution in [3.63, 3.8) is 0 Å². The number of phenols is 1. The first-order chi connectivity index (χ1) is 15.7. The first-order valence-corrected chi connectivity index (χ1v) is 10.6. The predicted molar refractivity (Wildman–Crippen MR) is 123 cm³/mol. The number of benzene rings is 4. The van der Waals surface area contributed by atoms with Gasteiger partial charge in [-0.2, -0.15) is 0 Å². The van der Waals surface area contributed by atoms with Crippen LogP contribution < -0.4 is 14.8 Å². The molecule has 2 N–H and O–H groups in total. The molecular formula is C27H23NO4. The number of hydrogen-bond donors (Lipinski definition) is 2. The van der Waals surface area contributed by atoms with Crippen LogP contribution in [0.15, 0.2) is 84.9 Å². The average Bonchev–Trinajstić information content (AvgIpc) is 3.30. The molecule has 5 heteroatoms. The lowest BCUT2D eigenvalue weighted by molar-refractivity contribution is -0.121. The maximum atomic E-state index is 13.0. The summed E-state index contributed by atoms with van der Waals surface area (Å²) in [5.41, 5.74) is 2.62. The zero-order chi connectivity index (χ0) is 21.9. The Morgan fingerprint density at radius 2 is 1.69 bits per heavy atom. The molecule has 4 aromatic rings. The van der Waals surface area contributed by atoms with Crippen molar-refractivity contribution in [3.05, 3.63) is 102 Å². The molecule has 1 heterocycles. The van der Waals surface area contributed by atoms with Gasteiger partial charge < -0.3 is 19.9 Å². The van der Waals surface area contributed by atoms with Gasteiger partial charge in [-0.25, -0.2) is 0 Å². The molecule has 0 fully saturated rings. The normalized spacial score (nSPS) is 13.1. The van der Waals surface area contributed by atoms with Crippen LogP contribution in [0.2, 0.25) is 0 Å². The fraction of sp³-hybridized carbons (Fsp3) is 0.148. The van der Waals surface area contributed by atoms with Gasteiger partial charge in [-0.3, -0.25) is 4.79 Å². The van der Waals surface area contributed by atoms with Gasteiger partial charge in [-0.15, -0.1) is 0 Å². The van der Waals surface area contributed by atoms with Gasteiger partial charge in [0.1, 0.15) is 5.75 Å². The Hall–Kier alpha value is -3.99. The van der Waals surface area contributed by atoms with Gasteiger partial charge in [0.2, 0.25) is 12.7 Å². The van der Waals surface area contributed by atoms with Crippen LogP contribution >= 0.6 is 0 Å². The van der Waals surface area contributed by atoms with Crippen molar-refractivity contribution in [1.29, 1.82) is 0 Å². The largest absolute Gasteiger partial charge is 0.508 e. The number of phenolic OH excluding ortho intramolecular Hbond substituents is 1. The van der Waals surface area contributed by atoms with Crippen molar-refractivity contribution < 1.29 is 19.4 Å². The molecule has 1 aliphatic heterocycles. The van der Waals surface area contributed by atoms with E-state index in [9.17, 15) is 9.90 Å². The van der Waals surface area contributed by atoms with Crippen LogP contribution in [0, 0.1) is 0 Å². The quantitative estimate of drug-likeness (QED) is 0.450. The van der Waals surface area contributed by atoms with E-state index in [1.165, 1.54) is 0 Å². The minimum atomic E-state index is -0.466. The second kappa shape index (κ2) is 8.63. The molecule has 0 aliphatic carbocycles. The third-order valence-electron chi connectivity index (χ3n) is 5.75. The first kappa shape index (κ1) is 19.9. The number of carbonyl (C=O) groups excluding carboxylic acids is 1. The highest BCUT2D eigenvalue weighted by molar-refractivity contribution is 5.89. The van der Waals surface area contributed by atoms with E-state index < -0.39 is 6.04 Å². The summed E-state index contributed by atoms with van der Waals surface area (Å²) in [4.78, 5) is 13.0. The fourth-order valence-corrected chi connectivity index (χ4v) is 4.14. The molecule has 1 atom stereocenters. The molecule has 5 nitrogen and oxygen atoms in total. The molecule has 1 unspecified atom stereocenters. The smallest absolute Gasteiger partial charge is 0.231 e. The summed E-state index contributed by atoms with van der Waals surface area (Å²) in [5, 5.41) is 15.8. The lowest BCUT2D eigenvalue weighted by Crippen LogP contribution is -2.29. The summed E-state index contributed by atoms with van der Waals surface area (Å²) in [5.74, 6) is 1.51. The highest BCUT2D eigenvalue weighted by Crippen LogP contribution is 2.36. The van der Waals surface area contributed by atoms with Gasteiger partial charge in [-0.1, -0.05) is 66.7 Å². The Labute approximate surface area is 186 Å². The minimum Gasteiger partial charge on any atom is -0.508 e. The van der Waals surface area contributed by atoms with Crippen molar-refractivity contribution in [2.45, 2.75) is 18.9 Å². The summed E-state index contributed by atoms with van der Waals surface area (Å²) in [6.07, 6.45) is 0.889. The van der Waals surface area contributed by atoms with Gasteiger partial charge in [0.15, 0.2) is 11.5 Å². The molecule has 1 aliphatic rings. The van der Waals surface area contributed by atoms with Crippen molar-refractivity contribution in [1.82, 2.24) is 5.32 Å². The van der Waals surface area contributed by atoms with Gasteiger partial charge in [0, 0.05) is 12.0 Å². The van der Waals surface area contributed by atoms with Crippen molar-refractivity contribution in [2.75, 3.05) is 6.79 Å². The molecule has 0 spiro atoms. The van der Waals surface area contributed by atoms with E-state index in [0.29, 0.717) is 24.2 Å². The summed E-state index contributed by atoms with van der Waals surface area (Å²) >= 11 is 0. The van der Waals surface area contributed by atoms with Crippen LogP contribution in [0.25, 0.3) is 10.8 Å². The molecule has 0 saturated carbocycles. The van der Waals surface area contributed by atoms with E-state index in [-0.39, 0.29) is 18.4 Å². The predicted octanol–water partition coefficient (Wildman–Crippen LogP) is 5.11. The Balaban J connectivity index is 1.41. The van der Waals surface area contributed by atoms with Crippen LogP contribution in [0.5, 0.6) is 17.2 Å². The van der Waals surface area contributed by atoms with Crippen LogP contribution in [-0.4, -0.2) is 17.8 Å². The lowest BCUT2D eigenvalue weighted by Gasteiger charge is -2.22. The molecule has 5 rings (SSSR count). The van der Waals surface area contributed by atoms with Gasteiger partial charge >= 0.3 is 0 Å². The second-order valence-corrected chi connectivity index (χ2v) is 7.82. The molecule has 0 saturated heterocycles. The summed E-state index contributed by atoms with van der Waals surface area (Å²) in [7, 11) is 0. The highest BCUT2D eigenvalue weighted by atomic mass is 16.7. The molecule has 1 amide bonds. The Kier molecular flexibility index (Phi) is 5.38. The Morgan fingerprint density at radius 1 is 0.906 bits per heavy atom. The van der Waals surface area contributed by atoms with E-state index in [1.807, 2.05) is 78.9 Å². The highest BCUT2D eigenvalue weighted by Gasteiger charge is 2.22. The van der Waals surface area contributed by atoms with Crippen molar-refractivity contribution in [3.8, 4) is 17.2 Å². The topological polar surface area (TPSA) is 67.8 Å². The molecule has 0 aromatic heterocycles. The van der Waals surface area contributed by atoms with Crippen LogP contribution in [-0.2, 0) is 11.2 Å². The molecular weight excluding hydrogens is 402 g/mol. The number of aromatic hydroxyl groups is 1. The van der Waals surface area contributed by atoms with E-state index in [2.05, 4.69) is 5.32 Å². The number of aryl methyl sites for hydroxylation is 1. The molecule has 160 valence electrons. The first-order valence-electron chi connectivity index (χ1n) is 10.6. The number of rotatable bonds is 6. The summed E-state index contributed by atoms with van der Waals surface area (Å²) in [6.45, 7) is 0.229. The fourth-order valence-electron chi connectivity index (χ4n) is 4.14. The molecule has 4 aromatic carbocycles. The lowest BCUT2D eigenvalue weighted by atomic mass is 9.92. The molecule has 0 bridgehead atoms. The maximum Gasteiger partial charge on any atom is 0.231 e. The maximum absolute atomic E-state index is 13.0. The third-order valence-corrected chi connectivity index (χ3v) is 5.75. The van der Waals surface area contributed by atoms with E-state index >= 15 is 0 Å². The van der Waals surface area contributed by atoms with Crippen LogP contribution in [0.4, 0.5) is 0 Å². The van der Waals surface area contributed by atoms with Crippen molar-refractivity contribution >= 4 is 16.7 Å². The monoisotopic (exact) mass is 425 g/mol. The van der Waals surface area contributed by atoms with Gasteiger partial charge in [0.05, 0.1) is 6.04 Å². The van der Waals surface area contributed by atoms with Crippen molar-refractivity contribution in [2.24, 2.45) is 0 Å². The zero-order valence-corrected chi connectivity index (χ0v) is 17.5. The number of hydrogen-bond acceptors (Lipinski definition) is 4. The summed E-state index contributed by atoms with van der Waals surface area (Å²) < 4.78 is 10.8. The van der Waals surface area contributed by atoms with Gasteiger partial charge in [0.25, 0.3) is 0 Å². The van der Waals surface area contributed by atoms with Gasteiger partial charge in [-0.05, 0) is 46.5 Å². The second-order valence-electron chi connectivity index (χ2n) is 7.82. The van der Waals surface area contributed by atoms with Crippen LogP contribution in [0.3, 0.4) is 0 Å². The number of amides is 1. The summed E-state index contributed by atoms with van der Waals surface area (Å²) in [6, 6.07) is 26.4. The SMILES string of the molecule is O=C(CCc1ccc2c(c1)OCO2)NC(c1ccccc1)c1c(O)ccc2ccccc12. The Morgan fingerprint density at radius 3 is 2.56 bits per heavy atom. The standard InChI is InChI=1S/C27H23NO4/c29-22-13-12-19-6-4-5-9-21(19)26(22)27(20-7-2-1-3-8-20)28-25(30)15-11-18-10-14-23-24(16-18)32-17-31-23/h1-10,12-14,16,27,29H,11,15,17H2,(H,28,30). The number of ether oxygens (including phenoxy) is 2. The minimum absolute atomic E-state index is 0.0937. The number of nitrogens with one attached hydrogen (secondary N) is 1. The number of carbonyl (C=O) groups is 1. The van der Waals surface area contributed by atoms with E-state index in [0.717, 1.165) is 27.6 Å². The average molecular weight is 425 g/mol.